The molecule has 7 heteroatoms. The Bertz CT molecular complexity index is 778. The molecule has 23 heavy (non-hydrogen) atoms. The van der Waals surface area contributed by atoms with Gasteiger partial charge >= 0.3 is 5.97 Å². The van der Waals surface area contributed by atoms with Crippen molar-refractivity contribution in [3.8, 4) is 17.5 Å². The number of halogens is 1. The maximum Gasteiger partial charge on any atom is 0.357 e. The Balaban J connectivity index is 2.70. The molecule has 2 aromatic rings. The topological polar surface area (TPSA) is 90.3 Å². The number of ether oxygens (including phenoxy) is 2. The minimum absolute atomic E-state index is 0.0563. The molecule has 1 aromatic carbocycles. The Morgan fingerprint density at radius 2 is 2.22 bits per heavy atom. The van der Waals surface area contributed by atoms with E-state index in [1.54, 1.807) is 18.2 Å². The predicted octanol–water partition coefficient (Wildman–Crippen LogP) is 3.16. The number of para-hydroxylation sites is 1. The lowest BCUT2D eigenvalue weighted by molar-refractivity contribution is 0.0593. The number of carbonyl (C=O) groups is 1. The van der Waals surface area contributed by atoms with Crippen molar-refractivity contribution >= 4 is 23.3 Å². The van der Waals surface area contributed by atoms with E-state index < -0.39 is 5.97 Å². The zero-order valence-electron chi connectivity index (χ0n) is 12.8. The first-order valence-corrected chi connectivity index (χ1v) is 7.33. The molecule has 0 radical (unpaired) electrons. The van der Waals surface area contributed by atoms with Gasteiger partial charge in [0.15, 0.2) is 11.4 Å². The Hall–Kier alpha value is -2.65. The summed E-state index contributed by atoms with van der Waals surface area (Å²) in [7, 11) is 1.25. The zero-order chi connectivity index (χ0) is 17.0. The van der Waals surface area contributed by atoms with Gasteiger partial charge in [0, 0.05) is 6.20 Å². The third-order valence-electron chi connectivity index (χ3n) is 3.20. The number of aromatic nitrogens is 1. The fraction of sp³-hybridized carbons (Fsp3) is 0.250. The summed E-state index contributed by atoms with van der Waals surface area (Å²) in [6.45, 7) is 2.43. The number of hydrogen-bond acceptors (Lipinski definition) is 5. The van der Waals surface area contributed by atoms with Crippen LogP contribution in [0.25, 0.3) is 5.69 Å². The molecular weight excluding hydrogens is 318 g/mol. The highest BCUT2D eigenvalue weighted by Crippen LogP contribution is 2.35. The monoisotopic (exact) mass is 333 g/mol. The van der Waals surface area contributed by atoms with Crippen LogP contribution in [0.5, 0.6) is 5.75 Å². The maximum atomic E-state index is 12.1. The summed E-state index contributed by atoms with van der Waals surface area (Å²) >= 11 is 6.21. The molecule has 0 amide bonds. The van der Waals surface area contributed by atoms with E-state index in [1.807, 2.05) is 13.0 Å². The molecule has 0 saturated carbocycles. The lowest BCUT2D eigenvalue weighted by Crippen LogP contribution is -2.12. The lowest BCUT2D eigenvalue weighted by atomic mass is 10.2. The molecule has 2 rings (SSSR count). The van der Waals surface area contributed by atoms with Gasteiger partial charge in [-0.05, 0) is 18.6 Å². The van der Waals surface area contributed by atoms with Crippen LogP contribution >= 0.6 is 11.6 Å². The smallest absolute Gasteiger partial charge is 0.357 e. The van der Waals surface area contributed by atoms with E-state index in [2.05, 4.69) is 0 Å². The lowest BCUT2D eigenvalue weighted by Gasteiger charge is -2.15. The minimum atomic E-state index is -0.648. The second-order valence-electron chi connectivity index (χ2n) is 4.71. The summed E-state index contributed by atoms with van der Waals surface area (Å²) in [5.74, 6) is -0.230. The fourth-order valence-electron chi connectivity index (χ4n) is 2.14. The van der Waals surface area contributed by atoms with Crippen LogP contribution < -0.4 is 10.5 Å². The van der Waals surface area contributed by atoms with Gasteiger partial charge in [-0.15, -0.1) is 0 Å². The molecule has 2 N–H and O–H groups in total. The minimum Gasteiger partial charge on any atom is -0.490 e. The van der Waals surface area contributed by atoms with Crippen molar-refractivity contribution in [2.45, 2.75) is 13.3 Å². The SMILES string of the molecule is CCCOc1c(Cl)cccc1-n1cc(C#N)c(N)c1C(=O)OC. The van der Waals surface area contributed by atoms with Gasteiger partial charge in [-0.1, -0.05) is 24.6 Å². The highest BCUT2D eigenvalue weighted by molar-refractivity contribution is 6.32. The normalized spacial score (nSPS) is 10.2. The van der Waals surface area contributed by atoms with E-state index in [9.17, 15) is 10.1 Å². The zero-order valence-corrected chi connectivity index (χ0v) is 13.6. The molecule has 0 spiro atoms. The van der Waals surface area contributed by atoms with E-state index in [0.29, 0.717) is 23.1 Å². The molecule has 120 valence electrons. The standard InChI is InChI=1S/C16H16ClN3O3/c1-3-7-23-15-11(17)5-4-6-12(15)20-9-10(8-18)13(19)14(20)16(21)22-2/h4-6,9H,3,7,19H2,1-2H3. The molecule has 0 fully saturated rings. The average molecular weight is 334 g/mol. The predicted molar refractivity (Wildman–Crippen MR) is 87.0 cm³/mol. The highest BCUT2D eigenvalue weighted by Gasteiger charge is 2.24. The van der Waals surface area contributed by atoms with Crippen LogP contribution in [0.1, 0.15) is 29.4 Å². The largest absolute Gasteiger partial charge is 0.490 e. The third-order valence-corrected chi connectivity index (χ3v) is 3.50. The van der Waals surface area contributed by atoms with Crippen LogP contribution in [-0.2, 0) is 4.74 Å². The second kappa shape index (κ2) is 7.07. The Morgan fingerprint density at radius 3 is 2.83 bits per heavy atom. The van der Waals surface area contributed by atoms with Gasteiger partial charge in [-0.25, -0.2) is 4.79 Å². The number of nitrogens with two attached hydrogens (primary N) is 1. The number of anilines is 1. The summed E-state index contributed by atoms with van der Waals surface area (Å²) in [6, 6.07) is 7.09. The third kappa shape index (κ3) is 3.10. The molecule has 0 unspecified atom stereocenters. The molecule has 0 saturated heterocycles. The van der Waals surface area contributed by atoms with Crippen molar-refractivity contribution in [2.75, 3.05) is 19.5 Å². The molecule has 0 atom stereocenters. The fourth-order valence-corrected chi connectivity index (χ4v) is 2.36. The number of rotatable bonds is 5. The Labute approximate surface area is 139 Å². The first-order chi connectivity index (χ1) is 11.0. The summed E-state index contributed by atoms with van der Waals surface area (Å²) in [5.41, 5.74) is 6.70. The van der Waals surface area contributed by atoms with Gasteiger partial charge in [0.25, 0.3) is 0 Å². The molecule has 1 aromatic heterocycles. The van der Waals surface area contributed by atoms with E-state index >= 15 is 0 Å². The van der Waals surface area contributed by atoms with Gasteiger partial charge in [0.05, 0.1) is 35.7 Å². The average Bonchev–Trinajstić information content (AvgIpc) is 2.89. The molecule has 6 nitrogen and oxygen atoms in total. The number of esters is 1. The summed E-state index contributed by atoms with van der Waals surface area (Å²) in [4.78, 5) is 12.1. The van der Waals surface area contributed by atoms with Crippen molar-refractivity contribution < 1.29 is 14.3 Å². The summed E-state index contributed by atoms with van der Waals surface area (Å²) in [6.07, 6.45) is 2.26. The van der Waals surface area contributed by atoms with E-state index in [1.165, 1.54) is 17.9 Å². The van der Waals surface area contributed by atoms with Crippen molar-refractivity contribution in [1.82, 2.24) is 4.57 Å². The molecule has 0 aliphatic heterocycles. The van der Waals surface area contributed by atoms with Gasteiger partial charge < -0.3 is 19.8 Å². The molecule has 1 heterocycles. The van der Waals surface area contributed by atoms with Gasteiger partial charge in [0.1, 0.15) is 6.07 Å². The highest BCUT2D eigenvalue weighted by atomic mass is 35.5. The number of nitrogens with zero attached hydrogens (tertiary/aromatic N) is 2. The van der Waals surface area contributed by atoms with Crippen molar-refractivity contribution in [2.24, 2.45) is 0 Å². The van der Waals surface area contributed by atoms with E-state index in [4.69, 9.17) is 26.8 Å². The number of nitrogen functional groups attached to an aromatic ring is 1. The molecule has 0 aliphatic carbocycles. The van der Waals surface area contributed by atoms with Gasteiger partial charge in [0.2, 0.25) is 0 Å². The van der Waals surface area contributed by atoms with Crippen LogP contribution in [0.4, 0.5) is 5.69 Å². The van der Waals surface area contributed by atoms with Crippen molar-refractivity contribution in [3.63, 3.8) is 0 Å². The molecule has 0 aliphatic rings. The van der Waals surface area contributed by atoms with E-state index in [-0.39, 0.29) is 16.9 Å². The first-order valence-electron chi connectivity index (χ1n) is 6.96. The number of nitriles is 1. The van der Waals surface area contributed by atoms with Gasteiger partial charge in [-0.3, -0.25) is 0 Å². The van der Waals surface area contributed by atoms with Crippen LogP contribution in [0.2, 0.25) is 5.02 Å². The summed E-state index contributed by atoms with van der Waals surface area (Å²) < 4.78 is 11.9. The second-order valence-corrected chi connectivity index (χ2v) is 5.12. The Kier molecular flexibility index (Phi) is 5.14. The Morgan fingerprint density at radius 1 is 1.48 bits per heavy atom. The molecular formula is C16H16ClN3O3. The van der Waals surface area contributed by atoms with Crippen molar-refractivity contribution in [3.05, 3.63) is 40.7 Å². The maximum absolute atomic E-state index is 12.1. The summed E-state index contributed by atoms with van der Waals surface area (Å²) in [5, 5.41) is 9.57. The van der Waals surface area contributed by atoms with E-state index in [0.717, 1.165) is 6.42 Å². The van der Waals surface area contributed by atoms with Crippen LogP contribution in [0.15, 0.2) is 24.4 Å². The van der Waals surface area contributed by atoms with Crippen LogP contribution in [-0.4, -0.2) is 24.3 Å². The van der Waals surface area contributed by atoms with Gasteiger partial charge in [-0.2, -0.15) is 5.26 Å². The number of carbonyl (C=O) groups excluding carboxylic acids is 1. The van der Waals surface area contributed by atoms with Crippen LogP contribution in [0, 0.1) is 11.3 Å². The number of benzene rings is 1. The van der Waals surface area contributed by atoms with Crippen molar-refractivity contribution in [1.29, 1.82) is 5.26 Å². The number of methoxy groups -OCH3 is 1. The van der Waals surface area contributed by atoms with Crippen LogP contribution in [0.3, 0.4) is 0 Å². The first kappa shape index (κ1) is 16.7. The number of hydrogen-bond donors (Lipinski definition) is 1. The quantitative estimate of drug-likeness (QED) is 0.849. The molecule has 0 bridgehead atoms.